The van der Waals surface area contributed by atoms with E-state index in [2.05, 4.69) is 30.7 Å². The van der Waals surface area contributed by atoms with Crippen molar-refractivity contribution in [1.29, 1.82) is 0 Å². The molecule has 0 saturated carbocycles. The van der Waals surface area contributed by atoms with E-state index in [1.54, 1.807) is 0 Å². The van der Waals surface area contributed by atoms with Crippen LogP contribution < -0.4 is 4.90 Å². The van der Waals surface area contributed by atoms with Crippen LogP contribution in [0.1, 0.15) is 6.42 Å². The number of aromatic nitrogens is 1. The fraction of sp³-hybridized carbons (Fsp3) is 0.583. The average Bonchev–Trinajstić information content (AvgIpc) is 2.56. The average molecular weight is 319 g/mol. The third-order valence-corrected chi connectivity index (χ3v) is 3.68. The zero-order valence-electron chi connectivity index (χ0n) is 9.78. The number of rotatable bonds is 3. The Bertz CT molecular complexity index is 361. The topological polar surface area (TPSA) is 19.4 Å². The second-order valence-electron chi connectivity index (χ2n) is 4.18. The van der Waals surface area contributed by atoms with Gasteiger partial charge in [-0.05, 0) is 25.1 Å². The van der Waals surface area contributed by atoms with Gasteiger partial charge in [0.05, 0.1) is 5.02 Å². The summed E-state index contributed by atoms with van der Waals surface area (Å²) in [5.74, 6) is 0.926. The number of anilines is 1. The summed E-state index contributed by atoms with van der Waals surface area (Å²) < 4.78 is 0. The Morgan fingerprint density at radius 3 is 2.94 bits per heavy atom. The summed E-state index contributed by atoms with van der Waals surface area (Å²) in [6.45, 7) is 5.40. The van der Waals surface area contributed by atoms with Crippen LogP contribution in [-0.2, 0) is 0 Å². The van der Waals surface area contributed by atoms with E-state index < -0.39 is 0 Å². The minimum absolute atomic E-state index is 0.751. The van der Waals surface area contributed by atoms with Crippen molar-refractivity contribution in [3.05, 3.63) is 23.4 Å². The minimum atomic E-state index is 0.751. The van der Waals surface area contributed by atoms with Crippen LogP contribution in [0.2, 0.25) is 5.02 Å². The molecule has 1 aromatic rings. The van der Waals surface area contributed by atoms with E-state index in [0.29, 0.717) is 0 Å². The Hall–Kier alpha value is -0.320. The fourth-order valence-electron chi connectivity index (χ4n) is 2.14. The molecule has 1 aliphatic rings. The Balaban J connectivity index is 2.01. The normalized spacial score (nSPS) is 18.1. The first-order chi connectivity index (χ1) is 8.31. The van der Waals surface area contributed by atoms with Crippen LogP contribution in [0.4, 0.5) is 5.82 Å². The van der Waals surface area contributed by atoms with Crippen LogP contribution in [0.3, 0.4) is 0 Å². The number of nitrogens with zero attached hydrogens (tertiary/aromatic N) is 3. The molecule has 2 rings (SSSR count). The second kappa shape index (κ2) is 6.57. The molecule has 3 nitrogen and oxygen atoms in total. The smallest absolute Gasteiger partial charge is 0.147 e. The molecule has 0 amide bonds. The third kappa shape index (κ3) is 3.57. The quantitative estimate of drug-likeness (QED) is 0.799. The maximum atomic E-state index is 6.18. The summed E-state index contributed by atoms with van der Waals surface area (Å²) in [7, 11) is 0. The predicted molar refractivity (Wildman–Crippen MR) is 76.3 cm³/mol. The maximum absolute atomic E-state index is 6.18. The number of halogens is 2. The van der Waals surface area contributed by atoms with Gasteiger partial charge in [0.25, 0.3) is 0 Å². The van der Waals surface area contributed by atoms with Gasteiger partial charge in [-0.3, -0.25) is 0 Å². The summed E-state index contributed by atoms with van der Waals surface area (Å²) in [5.41, 5.74) is 0. The van der Waals surface area contributed by atoms with Gasteiger partial charge in [0.1, 0.15) is 5.82 Å². The summed E-state index contributed by atoms with van der Waals surface area (Å²) >= 11 is 9.68. The molecule has 0 aromatic carbocycles. The van der Waals surface area contributed by atoms with E-state index in [4.69, 9.17) is 11.6 Å². The van der Waals surface area contributed by atoms with Crippen LogP contribution in [0.5, 0.6) is 0 Å². The van der Waals surface area contributed by atoms with Crippen molar-refractivity contribution in [2.45, 2.75) is 6.42 Å². The maximum Gasteiger partial charge on any atom is 0.147 e. The molecule has 1 aromatic heterocycles. The lowest BCUT2D eigenvalue weighted by atomic mass is 10.3. The fourth-order valence-corrected chi connectivity index (χ4v) is 2.88. The van der Waals surface area contributed by atoms with E-state index in [0.717, 1.165) is 48.9 Å². The van der Waals surface area contributed by atoms with E-state index in [1.807, 2.05) is 18.3 Å². The van der Waals surface area contributed by atoms with Gasteiger partial charge >= 0.3 is 0 Å². The summed E-state index contributed by atoms with van der Waals surface area (Å²) in [6.07, 6.45) is 2.97. The molecule has 17 heavy (non-hydrogen) atoms. The van der Waals surface area contributed by atoms with Crippen LogP contribution in [0, 0.1) is 0 Å². The first-order valence-electron chi connectivity index (χ1n) is 5.95. The molecule has 5 heteroatoms. The van der Waals surface area contributed by atoms with Crippen LogP contribution >= 0.6 is 27.5 Å². The second-order valence-corrected chi connectivity index (χ2v) is 5.38. The van der Waals surface area contributed by atoms with E-state index in [-0.39, 0.29) is 0 Å². The SMILES string of the molecule is Clc1cccnc1N1CCCN(CCBr)CC1. The molecule has 94 valence electrons. The van der Waals surface area contributed by atoms with Crippen LogP contribution in [0.25, 0.3) is 0 Å². The lowest BCUT2D eigenvalue weighted by molar-refractivity contribution is 0.313. The molecular weight excluding hydrogens is 302 g/mol. The Labute approximate surface area is 116 Å². The van der Waals surface area contributed by atoms with Gasteiger partial charge < -0.3 is 9.80 Å². The summed E-state index contributed by atoms with van der Waals surface area (Å²) in [4.78, 5) is 9.15. The molecule has 0 radical (unpaired) electrons. The van der Waals surface area contributed by atoms with E-state index in [1.165, 1.54) is 6.42 Å². The number of alkyl halides is 1. The van der Waals surface area contributed by atoms with Gasteiger partial charge in [-0.1, -0.05) is 27.5 Å². The highest BCUT2D eigenvalue weighted by molar-refractivity contribution is 9.09. The Kier molecular flexibility index (Phi) is 5.07. The molecule has 1 saturated heterocycles. The molecule has 0 aliphatic carbocycles. The lowest BCUT2D eigenvalue weighted by Crippen LogP contribution is -2.32. The third-order valence-electron chi connectivity index (χ3n) is 3.03. The minimum Gasteiger partial charge on any atom is -0.354 e. The molecule has 1 fully saturated rings. The first kappa shape index (κ1) is 13.1. The lowest BCUT2D eigenvalue weighted by Gasteiger charge is -2.23. The number of pyridine rings is 1. The van der Waals surface area contributed by atoms with Crippen molar-refractivity contribution in [2.24, 2.45) is 0 Å². The molecule has 0 unspecified atom stereocenters. The molecule has 0 spiro atoms. The largest absolute Gasteiger partial charge is 0.354 e. The highest BCUT2D eigenvalue weighted by Crippen LogP contribution is 2.23. The van der Waals surface area contributed by atoms with E-state index >= 15 is 0 Å². The summed E-state index contributed by atoms with van der Waals surface area (Å²) in [5, 5.41) is 1.79. The van der Waals surface area contributed by atoms with Gasteiger partial charge in [0, 0.05) is 37.7 Å². The summed E-state index contributed by atoms with van der Waals surface area (Å²) in [6, 6.07) is 3.78. The first-order valence-corrected chi connectivity index (χ1v) is 7.45. The number of hydrogen-bond donors (Lipinski definition) is 0. The van der Waals surface area contributed by atoms with Crippen molar-refractivity contribution < 1.29 is 0 Å². The van der Waals surface area contributed by atoms with Crippen molar-refractivity contribution in [2.75, 3.05) is 43.0 Å². The molecule has 0 bridgehead atoms. The van der Waals surface area contributed by atoms with Crippen molar-refractivity contribution in [3.8, 4) is 0 Å². The standard InChI is InChI=1S/C12H17BrClN3/c13-4-8-16-6-2-7-17(10-9-16)12-11(14)3-1-5-15-12/h1,3,5H,2,4,6-10H2. The molecule has 1 aliphatic heterocycles. The monoisotopic (exact) mass is 317 g/mol. The van der Waals surface area contributed by atoms with Crippen molar-refractivity contribution in [1.82, 2.24) is 9.88 Å². The van der Waals surface area contributed by atoms with Gasteiger partial charge in [0.15, 0.2) is 0 Å². The predicted octanol–water partition coefficient (Wildman–Crippen LogP) is 2.64. The van der Waals surface area contributed by atoms with E-state index in [9.17, 15) is 0 Å². The van der Waals surface area contributed by atoms with Crippen molar-refractivity contribution >= 4 is 33.3 Å². The van der Waals surface area contributed by atoms with Crippen LogP contribution in [0.15, 0.2) is 18.3 Å². The molecule has 2 heterocycles. The molecular formula is C12H17BrClN3. The zero-order valence-corrected chi connectivity index (χ0v) is 12.1. The van der Waals surface area contributed by atoms with Gasteiger partial charge in [-0.15, -0.1) is 0 Å². The highest BCUT2D eigenvalue weighted by atomic mass is 79.9. The highest BCUT2D eigenvalue weighted by Gasteiger charge is 2.17. The van der Waals surface area contributed by atoms with Gasteiger partial charge in [-0.25, -0.2) is 4.98 Å². The number of hydrogen-bond acceptors (Lipinski definition) is 3. The van der Waals surface area contributed by atoms with Crippen molar-refractivity contribution in [3.63, 3.8) is 0 Å². The Morgan fingerprint density at radius 2 is 2.18 bits per heavy atom. The van der Waals surface area contributed by atoms with Crippen LogP contribution in [-0.4, -0.2) is 47.9 Å². The molecule has 0 N–H and O–H groups in total. The zero-order chi connectivity index (χ0) is 12.1. The van der Waals surface area contributed by atoms with Gasteiger partial charge in [0.2, 0.25) is 0 Å². The molecule has 0 atom stereocenters. The Morgan fingerprint density at radius 1 is 1.29 bits per heavy atom. The van der Waals surface area contributed by atoms with Gasteiger partial charge in [-0.2, -0.15) is 0 Å².